The molecule has 13 heavy (non-hydrogen) atoms. The molecule has 1 aliphatic rings. The van der Waals surface area contributed by atoms with Crippen molar-refractivity contribution < 1.29 is 14.7 Å². The van der Waals surface area contributed by atoms with E-state index in [4.69, 9.17) is 5.11 Å². The Balaban J connectivity index is 2.41. The van der Waals surface area contributed by atoms with Gasteiger partial charge in [-0.15, -0.1) is 0 Å². The third-order valence-electron chi connectivity index (χ3n) is 2.11. The highest BCUT2D eigenvalue weighted by molar-refractivity contribution is 5.75. The van der Waals surface area contributed by atoms with E-state index in [9.17, 15) is 9.59 Å². The van der Waals surface area contributed by atoms with Crippen LogP contribution in [0.3, 0.4) is 0 Å². The highest BCUT2D eigenvalue weighted by Gasteiger charge is 2.26. The zero-order chi connectivity index (χ0) is 9.84. The van der Waals surface area contributed by atoms with Crippen molar-refractivity contribution >= 4 is 11.9 Å². The average Bonchev–Trinajstić information content (AvgIpc) is 2.03. The van der Waals surface area contributed by atoms with Gasteiger partial charge in [-0.1, -0.05) is 0 Å². The van der Waals surface area contributed by atoms with Gasteiger partial charge in [0.05, 0.1) is 0 Å². The molecule has 0 spiro atoms. The normalized spacial score (nSPS) is 28.1. The lowest BCUT2D eigenvalue weighted by molar-refractivity contribution is -0.140. The molecule has 1 saturated heterocycles. The van der Waals surface area contributed by atoms with Crippen LogP contribution in [0, 0.1) is 0 Å². The van der Waals surface area contributed by atoms with E-state index in [0.717, 1.165) is 6.42 Å². The molecule has 1 aliphatic heterocycles. The number of hydrogen-bond acceptors (Lipinski definition) is 3. The largest absolute Gasteiger partial charge is 0.480 e. The van der Waals surface area contributed by atoms with Crippen molar-refractivity contribution in [2.24, 2.45) is 0 Å². The molecule has 1 amide bonds. The molecule has 0 radical (unpaired) electrons. The Bertz CT molecular complexity index is 217. The fourth-order valence-electron chi connectivity index (χ4n) is 1.52. The van der Waals surface area contributed by atoms with Crippen molar-refractivity contribution in [3.8, 4) is 0 Å². The number of carboxylic acids is 1. The van der Waals surface area contributed by atoms with Crippen LogP contribution in [-0.4, -0.2) is 35.6 Å². The van der Waals surface area contributed by atoms with Gasteiger partial charge in [-0.2, -0.15) is 0 Å². The quantitative estimate of drug-likeness (QED) is 0.534. The van der Waals surface area contributed by atoms with E-state index in [0.29, 0.717) is 13.0 Å². The molecule has 0 saturated carbocycles. The Morgan fingerprint density at radius 2 is 2.23 bits per heavy atom. The maximum absolute atomic E-state index is 10.7. The van der Waals surface area contributed by atoms with Gasteiger partial charge in [0, 0.05) is 13.0 Å². The second-order valence-corrected chi connectivity index (χ2v) is 3.27. The van der Waals surface area contributed by atoms with Gasteiger partial charge >= 0.3 is 5.97 Å². The second-order valence-electron chi connectivity index (χ2n) is 3.27. The number of carbonyl (C=O) groups excluding carboxylic acids is 1. The minimum atomic E-state index is -0.852. The van der Waals surface area contributed by atoms with Crippen LogP contribution in [-0.2, 0) is 9.59 Å². The second kappa shape index (κ2) is 4.23. The summed E-state index contributed by atoms with van der Waals surface area (Å²) >= 11 is 0. The van der Waals surface area contributed by atoms with Gasteiger partial charge in [0.1, 0.15) is 6.04 Å². The monoisotopic (exact) mass is 186 g/mol. The molecule has 74 valence electrons. The molecular weight excluding hydrogens is 172 g/mol. The number of carbonyl (C=O) groups is 2. The molecule has 0 aliphatic carbocycles. The van der Waals surface area contributed by atoms with Crippen molar-refractivity contribution in [2.45, 2.75) is 31.8 Å². The molecule has 3 N–H and O–H groups in total. The maximum Gasteiger partial charge on any atom is 0.320 e. The van der Waals surface area contributed by atoms with Crippen molar-refractivity contribution in [3.05, 3.63) is 0 Å². The molecule has 1 rings (SSSR count). The van der Waals surface area contributed by atoms with Gasteiger partial charge < -0.3 is 15.7 Å². The van der Waals surface area contributed by atoms with E-state index in [1.54, 1.807) is 0 Å². The van der Waals surface area contributed by atoms with E-state index in [1.165, 1.54) is 6.92 Å². The number of carboxylic acid groups (broad SMARTS) is 1. The standard InChI is InChI=1S/C8H14N2O3/c1-5(11)10-6-2-3-9-7(4-6)8(12)13/h6-7,9H,2-4H2,1H3,(H,10,11)(H,12,13)/t6-,7+/m1/s1. The van der Waals surface area contributed by atoms with Crippen LogP contribution < -0.4 is 10.6 Å². The summed E-state index contributed by atoms with van der Waals surface area (Å²) in [5.74, 6) is -0.953. The first-order valence-corrected chi connectivity index (χ1v) is 4.33. The van der Waals surface area contributed by atoms with E-state index in [1.807, 2.05) is 0 Å². The van der Waals surface area contributed by atoms with E-state index >= 15 is 0 Å². The molecule has 5 nitrogen and oxygen atoms in total. The summed E-state index contributed by atoms with van der Waals surface area (Å²) in [4.78, 5) is 21.3. The Labute approximate surface area is 76.5 Å². The smallest absolute Gasteiger partial charge is 0.320 e. The Morgan fingerprint density at radius 1 is 1.54 bits per heavy atom. The lowest BCUT2D eigenvalue weighted by atomic mass is 9.99. The molecule has 0 aromatic heterocycles. The highest BCUT2D eigenvalue weighted by Crippen LogP contribution is 2.08. The van der Waals surface area contributed by atoms with Crippen molar-refractivity contribution in [1.82, 2.24) is 10.6 Å². The van der Waals surface area contributed by atoms with Crippen LogP contribution in [0.25, 0.3) is 0 Å². The number of amides is 1. The molecule has 5 heteroatoms. The third kappa shape index (κ3) is 3.02. The Morgan fingerprint density at radius 3 is 2.77 bits per heavy atom. The SMILES string of the molecule is CC(=O)N[C@@H]1CCN[C@H](C(=O)O)C1. The minimum absolute atomic E-state index is 0.000139. The molecule has 0 unspecified atom stereocenters. The van der Waals surface area contributed by atoms with Crippen LogP contribution in [0.5, 0.6) is 0 Å². The van der Waals surface area contributed by atoms with Gasteiger partial charge in [0.2, 0.25) is 5.91 Å². The number of hydrogen-bond donors (Lipinski definition) is 3. The first kappa shape index (κ1) is 9.98. The summed E-state index contributed by atoms with van der Waals surface area (Å²) in [5, 5.41) is 14.3. The van der Waals surface area contributed by atoms with Crippen LogP contribution in [0.4, 0.5) is 0 Å². The molecule has 0 aromatic rings. The summed E-state index contributed by atoms with van der Waals surface area (Å²) in [6, 6.07) is -0.523. The van der Waals surface area contributed by atoms with Crippen LogP contribution in [0.15, 0.2) is 0 Å². The fourth-order valence-corrected chi connectivity index (χ4v) is 1.52. The van der Waals surface area contributed by atoms with Crippen LogP contribution in [0.1, 0.15) is 19.8 Å². The fraction of sp³-hybridized carbons (Fsp3) is 0.750. The highest BCUT2D eigenvalue weighted by atomic mass is 16.4. The molecule has 2 atom stereocenters. The van der Waals surface area contributed by atoms with Gasteiger partial charge in [-0.25, -0.2) is 0 Å². The average molecular weight is 186 g/mol. The van der Waals surface area contributed by atoms with Gasteiger partial charge in [-0.3, -0.25) is 9.59 Å². The van der Waals surface area contributed by atoms with Gasteiger partial charge in [0.25, 0.3) is 0 Å². The number of rotatable bonds is 2. The van der Waals surface area contributed by atoms with Crippen molar-refractivity contribution in [1.29, 1.82) is 0 Å². The predicted molar refractivity (Wildman–Crippen MR) is 46.3 cm³/mol. The number of piperidine rings is 1. The topological polar surface area (TPSA) is 78.4 Å². The summed E-state index contributed by atoms with van der Waals surface area (Å²) in [5.41, 5.74) is 0. The van der Waals surface area contributed by atoms with Gasteiger partial charge in [0.15, 0.2) is 0 Å². The molecule has 1 heterocycles. The zero-order valence-corrected chi connectivity index (χ0v) is 7.54. The van der Waals surface area contributed by atoms with Crippen LogP contribution in [0.2, 0.25) is 0 Å². The van der Waals surface area contributed by atoms with Crippen LogP contribution >= 0.6 is 0 Å². The summed E-state index contributed by atoms with van der Waals surface area (Å²) in [7, 11) is 0. The zero-order valence-electron chi connectivity index (χ0n) is 7.54. The van der Waals surface area contributed by atoms with Crippen molar-refractivity contribution in [3.63, 3.8) is 0 Å². The Kier molecular flexibility index (Phi) is 3.25. The summed E-state index contributed by atoms with van der Waals surface area (Å²) < 4.78 is 0. The molecule has 1 fully saturated rings. The summed E-state index contributed by atoms with van der Waals surface area (Å²) in [6.45, 7) is 2.08. The lowest BCUT2D eigenvalue weighted by Crippen LogP contribution is -2.50. The lowest BCUT2D eigenvalue weighted by Gasteiger charge is -2.27. The molecular formula is C8H14N2O3. The molecule has 0 bridgehead atoms. The summed E-state index contributed by atoms with van der Waals surface area (Å²) in [6.07, 6.45) is 1.26. The first-order chi connectivity index (χ1) is 6.09. The predicted octanol–water partition coefficient (Wildman–Crippen LogP) is -0.672. The van der Waals surface area contributed by atoms with E-state index < -0.39 is 12.0 Å². The van der Waals surface area contributed by atoms with Crippen molar-refractivity contribution in [2.75, 3.05) is 6.54 Å². The first-order valence-electron chi connectivity index (χ1n) is 4.33. The van der Waals surface area contributed by atoms with E-state index in [2.05, 4.69) is 10.6 Å². The minimum Gasteiger partial charge on any atom is -0.480 e. The van der Waals surface area contributed by atoms with Gasteiger partial charge in [-0.05, 0) is 19.4 Å². The Hall–Kier alpha value is -1.10. The number of nitrogens with one attached hydrogen (secondary N) is 2. The maximum atomic E-state index is 10.7. The molecule has 0 aromatic carbocycles. The van der Waals surface area contributed by atoms with E-state index in [-0.39, 0.29) is 11.9 Å². The number of aliphatic carboxylic acids is 1. The third-order valence-corrected chi connectivity index (χ3v) is 2.11.